The van der Waals surface area contributed by atoms with Gasteiger partial charge in [-0.05, 0) is 24.3 Å². The predicted octanol–water partition coefficient (Wildman–Crippen LogP) is 3.48. The number of hydrogen-bond acceptors (Lipinski definition) is 2. The number of anilines is 2. The Balaban J connectivity index is 2.40. The third kappa shape index (κ3) is 2.68. The molecule has 3 N–H and O–H groups in total. The average molecular weight is 282 g/mol. The zero-order valence-corrected chi connectivity index (χ0v) is 10.4. The Kier molecular flexibility index (Phi) is 3.71. The second-order valence-corrected chi connectivity index (χ2v) is 4.20. The van der Waals surface area contributed by atoms with Gasteiger partial charge in [-0.2, -0.15) is 0 Å². The highest BCUT2D eigenvalue weighted by Crippen LogP contribution is 2.25. The molecule has 2 aromatic carbocycles. The Morgan fingerprint density at radius 3 is 2.26 bits per heavy atom. The fourth-order valence-electron chi connectivity index (χ4n) is 1.54. The predicted molar refractivity (Wildman–Crippen MR) is 71.9 cm³/mol. The summed E-state index contributed by atoms with van der Waals surface area (Å²) in [7, 11) is 0. The molecule has 0 heterocycles. The molecule has 0 aliphatic heterocycles. The van der Waals surface area contributed by atoms with E-state index in [9.17, 15) is 13.2 Å². The number of nitrogens with two attached hydrogens (primary N) is 1. The number of para-hydroxylation sites is 1. The number of hydrogen-bond donors (Lipinski definition) is 2. The third-order valence-corrected chi connectivity index (χ3v) is 2.71. The largest absolute Gasteiger partial charge is 0.389 e. The van der Waals surface area contributed by atoms with Crippen LogP contribution in [0.2, 0.25) is 0 Å². The summed E-state index contributed by atoms with van der Waals surface area (Å²) >= 11 is 4.59. The Bertz CT molecular complexity index is 644. The fraction of sp³-hybridized carbons (Fsp3) is 0. The molecule has 6 heteroatoms. The highest BCUT2D eigenvalue weighted by molar-refractivity contribution is 7.80. The lowest BCUT2D eigenvalue weighted by atomic mass is 10.1. The molecule has 98 valence electrons. The van der Waals surface area contributed by atoms with Crippen molar-refractivity contribution in [3.05, 3.63) is 59.4 Å². The van der Waals surface area contributed by atoms with Crippen LogP contribution in [0.15, 0.2) is 36.4 Å². The van der Waals surface area contributed by atoms with E-state index in [0.29, 0.717) is 0 Å². The Labute approximate surface area is 113 Å². The zero-order chi connectivity index (χ0) is 14.0. The maximum Gasteiger partial charge on any atom is 0.182 e. The highest BCUT2D eigenvalue weighted by Gasteiger charge is 2.15. The van der Waals surface area contributed by atoms with E-state index in [0.717, 1.165) is 0 Å². The molecular formula is C13H9F3N2S. The monoisotopic (exact) mass is 282 g/mol. The Hall–Kier alpha value is -2.08. The normalized spacial score (nSPS) is 10.3. The van der Waals surface area contributed by atoms with Crippen LogP contribution in [0.1, 0.15) is 5.56 Å². The summed E-state index contributed by atoms with van der Waals surface area (Å²) in [6, 6.07) is 8.17. The first-order valence-corrected chi connectivity index (χ1v) is 5.71. The van der Waals surface area contributed by atoms with Gasteiger partial charge in [0.25, 0.3) is 0 Å². The van der Waals surface area contributed by atoms with Crippen LogP contribution in [0, 0.1) is 17.5 Å². The molecule has 0 saturated carbocycles. The van der Waals surface area contributed by atoms with E-state index in [1.165, 1.54) is 30.3 Å². The minimum Gasteiger partial charge on any atom is -0.389 e. The fourth-order valence-corrected chi connectivity index (χ4v) is 1.70. The molecule has 2 aromatic rings. The minimum atomic E-state index is -1.16. The van der Waals surface area contributed by atoms with Gasteiger partial charge in [-0.3, -0.25) is 0 Å². The summed E-state index contributed by atoms with van der Waals surface area (Å²) < 4.78 is 40.8. The molecule has 0 atom stereocenters. The molecule has 0 radical (unpaired) electrons. The minimum absolute atomic E-state index is 0.0453. The third-order valence-electron chi connectivity index (χ3n) is 2.49. The lowest BCUT2D eigenvalue weighted by Gasteiger charge is -2.10. The van der Waals surface area contributed by atoms with Gasteiger partial charge in [0.1, 0.15) is 10.8 Å². The van der Waals surface area contributed by atoms with Gasteiger partial charge in [0, 0.05) is 5.56 Å². The molecule has 0 unspecified atom stereocenters. The quantitative estimate of drug-likeness (QED) is 0.846. The average Bonchev–Trinajstić information content (AvgIpc) is 2.37. The number of halogens is 3. The first-order chi connectivity index (χ1) is 9.00. The van der Waals surface area contributed by atoms with Crippen molar-refractivity contribution in [3.8, 4) is 0 Å². The van der Waals surface area contributed by atoms with E-state index in [1.54, 1.807) is 6.07 Å². The summed E-state index contributed by atoms with van der Waals surface area (Å²) in [5, 5.41) is 2.47. The molecule has 0 bridgehead atoms. The van der Waals surface area contributed by atoms with Crippen molar-refractivity contribution in [2.24, 2.45) is 5.73 Å². The summed E-state index contributed by atoms with van der Waals surface area (Å²) in [6.07, 6.45) is 0. The van der Waals surface area contributed by atoms with E-state index in [2.05, 4.69) is 17.5 Å². The van der Waals surface area contributed by atoms with Crippen LogP contribution in [0.3, 0.4) is 0 Å². The van der Waals surface area contributed by atoms with Crippen LogP contribution in [0.25, 0.3) is 0 Å². The van der Waals surface area contributed by atoms with E-state index in [-0.39, 0.29) is 21.9 Å². The van der Waals surface area contributed by atoms with E-state index in [4.69, 9.17) is 5.73 Å². The second-order valence-electron chi connectivity index (χ2n) is 3.76. The highest BCUT2D eigenvalue weighted by atomic mass is 32.1. The van der Waals surface area contributed by atoms with Crippen molar-refractivity contribution < 1.29 is 13.2 Å². The molecule has 0 spiro atoms. The number of rotatable bonds is 3. The van der Waals surface area contributed by atoms with E-state index < -0.39 is 17.5 Å². The van der Waals surface area contributed by atoms with Crippen LogP contribution < -0.4 is 11.1 Å². The van der Waals surface area contributed by atoms with Gasteiger partial charge in [-0.25, -0.2) is 13.2 Å². The molecule has 2 rings (SSSR count). The molecule has 0 saturated heterocycles. The van der Waals surface area contributed by atoms with Crippen molar-refractivity contribution in [1.29, 1.82) is 0 Å². The summed E-state index contributed by atoms with van der Waals surface area (Å²) in [4.78, 5) is -0.242. The van der Waals surface area contributed by atoms with Crippen LogP contribution in [0.5, 0.6) is 0 Å². The lowest BCUT2D eigenvalue weighted by molar-refractivity contribution is 0.510. The zero-order valence-electron chi connectivity index (χ0n) is 9.58. The molecule has 0 fully saturated rings. The van der Waals surface area contributed by atoms with Gasteiger partial charge in [-0.1, -0.05) is 24.4 Å². The number of benzene rings is 2. The molecule has 0 aliphatic carbocycles. The summed E-state index contributed by atoms with van der Waals surface area (Å²) in [5.41, 5.74) is 4.92. The van der Waals surface area contributed by atoms with Crippen molar-refractivity contribution in [3.63, 3.8) is 0 Å². The van der Waals surface area contributed by atoms with Crippen molar-refractivity contribution in [2.45, 2.75) is 0 Å². The molecule has 19 heavy (non-hydrogen) atoms. The number of thiocarbonyl (C=S) groups is 1. The van der Waals surface area contributed by atoms with Gasteiger partial charge in [0.2, 0.25) is 0 Å². The van der Waals surface area contributed by atoms with Crippen LogP contribution in [0.4, 0.5) is 24.5 Å². The van der Waals surface area contributed by atoms with Crippen molar-refractivity contribution in [2.75, 3.05) is 5.32 Å². The van der Waals surface area contributed by atoms with E-state index in [1.807, 2.05) is 0 Å². The van der Waals surface area contributed by atoms with Gasteiger partial charge in [-0.15, -0.1) is 0 Å². The standard InChI is InChI=1S/C13H9F3N2S/c14-8-3-1-2-4-9(8)18-10-6-5-7(13(17)19)11(15)12(10)16/h1-6,18H,(H2,17,19). The van der Waals surface area contributed by atoms with Crippen molar-refractivity contribution in [1.82, 2.24) is 0 Å². The summed E-state index contributed by atoms with van der Waals surface area (Å²) in [5.74, 6) is -2.89. The first kappa shape index (κ1) is 13.4. The van der Waals surface area contributed by atoms with Gasteiger partial charge in [0.15, 0.2) is 11.6 Å². The maximum absolute atomic E-state index is 13.8. The lowest BCUT2D eigenvalue weighted by Crippen LogP contribution is -2.13. The van der Waals surface area contributed by atoms with E-state index >= 15 is 0 Å². The summed E-state index contributed by atoms with van der Waals surface area (Å²) in [6.45, 7) is 0. The van der Waals surface area contributed by atoms with Crippen LogP contribution in [-0.2, 0) is 0 Å². The first-order valence-electron chi connectivity index (χ1n) is 5.30. The van der Waals surface area contributed by atoms with Gasteiger partial charge < -0.3 is 11.1 Å². The Morgan fingerprint density at radius 1 is 0.947 bits per heavy atom. The van der Waals surface area contributed by atoms with Gasteiger partial charge in [0.05, 0.1) is 11.4 Å². The SMILES string of the molecule is NC(=S)c1ccc(Nc2ccccc2F)c(F)c1F. The number of nitrogens with one attached hydrogen (secondary N) is 1. The van der Waals surface area contributed by atoms with Crippen molar-refractivity contribution >= 4 is 28.6 Å². The maximum atomic E-state index is 13.8. The van der Waals surface area contributed by atoms with Crippen LogP contribution in [-0.4, -0.2) is 4.99 Å². The molecular weight excluding hydrogens is 273 g/mol. The molecule has 2 nitrogen and oxygen atoms in total. The molecule has 0 amide bonds. The smallest absolute Gasteiger partial charge is 0.182 e. The molecule has 0 aliphatic rings. The molecule has 0 aromatic heterocycles. The topological polar surface area (TPSA) is 38.0 Å². The Morgan fingerprint density at radius 2 is 1.63 bits per heavy atom. The second kappa shape index (κ2) is 5.27. The van der Waals surface area contributed by atoms with Crippen LogP contribution >= 0.6 is 12.2 Å². The van der Waals surface area contributed by atoms with Gasteiger partial charge >= 0.3 is 0 Å².